The summed E-state index contributed by atoms with van der Waals surface area (Å²) in [5, 5.41) is 3.74. The largest absolute Gasteiger partial charge is 0.497 e. The quantitative estimate of drug-likeness (QED) is 0.867. The van der Waals surface area contributed by atoms with Crippen molar-refractivity contribution in [3.05, 3.63) is 29.8 Å². The lowest BCUT2D eigenvalue weighted by molar-refractivity contribution is 0.0547. The van der Waals surface area contributed by atoms with Crippen molar-refractivity contribution in [2.45, 2.75) is 45.2 Å². The fourth-order valence-electron chi connectivity index (χ4n) is 2.97. The lowest BCUT2D eigenvalue weighted by Crippen LogP contribution is -2.42. The Labute approximate surface area is 122 Å². The van der Waals surface area contributed by atoms with E-state index in [1.54, 1.807) is 7.11 Å². The second-order valence-corrected chi connectivity index (χ2v) is 5.86. The Morgan fingerprint density at radius 1 is 1.20 bits per heavy atom. The van der Waals surface area contributed by atoms with Crippen LogP contribution in [-0.2, 0) is 11.2 Å². The van der Waals surface area contributed by atoms with Gasteiger partial charge in [0.05, 0.1) is 7.11 Å². The van der Waals surface area contributed by atoms with Crippen molar-refractivity contribution in [1.82, 2.24) is 5.32 Å². The van der Waals surface area contributed by atoms with E-state index in [1.807, 2.05) is 12.1 Å². The Bertz CT molecular complexity index is 384. The molecule has 0 saturated carbocycles. The van der Waals surface area contributed by atoms with Crippen LogP contribution in [0.3, 0.4) is 0 Å². The Kier molecular flexibility index (Phi) is 5.86. The fraction of sp³-hybridized carbons (Fsp3) is 0.647. The average molecular weight is 277 g/mol. The van der Waals surface area contributed by atoms with Crippen LogP contribution in [0.15, 0.2) is 24.3 Å². The van der Waals surface area contributed by atoms with Crippen LogP contribution in [0.25, 0.3) is 0 Å². The summed E-state index contributed by atoms with van der Waals surface area (Å²) in [6.07, 6.45) is 3.42. The third-order valence-electron chi connectivity index (χ3n) is 4.22. The molecule has 1 aromatic rings. The first-order chi connectivity index (χ1) is 9.69. The standard InChI is InChI=1S/C17H27NO2/c1-13(12-15-4-6-17(19-3)7-5-15)18-14(2)16-8-10-20-11-9-16/h4-7,13-14,16,18H,8-12H2,1-3H3. The van der Waals surface area contributed by atoms with Gasteiger partial charge in [0.1, 0.15) is 5.75 Å². The van der Waals surface area contributed by atoms with Crippen LogP contribution in [0.4, 0.5) is 0 Å². The molecule has 1 fully saturated rings. The summed E-state index contributed by atoms with van der Waals surface area (Å²) < 4.78 is 10.6. The van der Waals surface area contributed by atoms with Crippen LogP contribution >= 0.6 is 0 Å². The molecule has 1 aliphatic heterocycles. The maximum absolute atomic E-state index is 5.43. The van der Waals surface area contributed by atoms with Crippen molar-refractivity contribution in [2.75, 3.05) is 20.3 Å². The van der Waals surface area contributed by atoms with Crippen LogP contribution in [-0.4, -0.2) is 32.4 Å². The van der Waals surface area contributed by atoms with Gasteiger partial charge in [-0.25, -0.2) is 0 Å². The maximum Gasteiger partial charge on any atom is 0.118 e. The average Bonchev–Trinajstić information content (AvgIpc) is 2.49. The van der Waals surface area contributed by atoms with E-state index < -0.39 is 0 Å². The summed E-state index contributed by atoms with van der Waals surface area (Å²) in [5.41, 5.74) is 1.35. The van der Waals surface area contributed by atoms with Crippen LogP contribution in [0.5, 0.6) is 5.75 Å². The Morgan fingerprint density at radius 3 is 2.45 bits per heavy atom. The van der Waals surface area contributed by atoms with Gasteiger partial charge in [-0.2, -0.15) is 0 Å². The van der Waals surface area contributed by atoms with Crippen LogP contribution in [0, 0.1) is 5.92 Å². The van der Waals surface area contributed by atoms with Crippen molar-refractivity contribution < 1.29 is 9.47 Å². The molecular weight excluding hydrogens is 250 g/mol. The van der Waals surface area contributed by atoms with Crippen molar-refractivity contribution in [2.24, 2.45) is 5.92 Å². The Hall–Kier alpha value is -1.06. The molecule has 0 aliphatic carbocycles. The second kappa shape index (κ2) is 7.65. The van der Waals surface area contributed by atoms with Gasteiger partial charge in [-0.15, -0.1) is 0 Å². The number of rotatable bonds is 6. The van der Waals surface area contributed by atoms with Gasteiger partial charge in [-0.3, -0.25) is 0 Å². The molecular formula is C17H27NO2. The number of ether oxygens (including phenoxy) is 2. The first kappa shape index (κ1) is 15.3. The highest BCUT2D eigenvalue weighted by Gasteiger charge is 2.21. The molecule has 1 saturated heterocycles. The highest BCUT2D eigenvalue weighted by molar-refractivity contribution is 5.27. The topological polar surface area (TPSA) is 30.5 Å². The van der Waals surface area contributed by atoms with E-state index in [4.69, 9.17) is 9.47 Å². The number of benzene rings is 1. The lowest BCUT2D eigenvalue weighted by Gasteiger charge is -2.30. The Morgan fingerprint density at radius 2 is 1.85 bits per heavy atom. The molecule has 1 heterocycles. The minimum atomic E-state index is 0.487. The Balaban J connectivity index is 1.79. The van der Waals surface area contributed by atoms with Crippen molar-refractivity contribution in [1.29, 1.82) is 0 Å². The smallest absolute Gasteiger partial charge is 0.118 e. The molecule has 2 unspecified atom stereocenters. The van der Waals surface area contributed by atoms with Crippen LogP contribution < -0.4 is 10.1 Å². The number of nitrogens with one attached hydrogen (secondary N) is 1. The first-order valence-electron chi connectivity index (χ1n) is 7.65. The molecule has 2 atom stereocenters. The molecule has 2 rings (SSSR count). The van der Waals surface area contributed by atoms with Gasteiger partial charge >= 0.3 is 0 Å². The third kappa shape index (κ3) is 4.50. The first-order valence-corrected chi connectivity index (χ1v) is 7.65. The van der Waals surface area contributed by atoms with Gasteiger partial charge in [-0.05, 0) is 56.7 Å². The highest BCUT2D eigenvalue weighted by Crippen LogP contribution is 2.19. The summed E-state index contributed by atoms with van der Waals surface area (Å²) in [7, 11) is 1.70. The van der Waals surface area contributed by atoms with Gasteiger partial charge in [0.2, 0.25) is 0 Å². The van der Waals surface area contributed by atoms with Crippen molar-refractivity contribution in [3.63, 3.8) is 0 Å². The van der Waals surface area contributed by atoms with Gasteiger partial charge in [0.25, 0.3) is 0 Å². The molecule has 1 N–H and O–H groups in total. The van der Waals surface area contributed by atoms with E-state index in [2.05, 4.69) is 31.3 Å². The molecule has 1 aliphatic rings. The fourth-order valence-corrected chi connectivity index (χ4v) is 2.97. The zero-order valence-corrected chi connectivity index (χ0v) is 12.9. The minimum absolute atomic E-state index is 0.487. The number of methoxy groups -OCH3 is 1. The predicted octanol–water partition coefficient (Wildman–Crippen LogP) is 3.03. The number of hydrogen-bond acceptors (Lipinski definition) is 3. The molecule has 20 heavy (non-hydrogen) atoms. The second-order valence-electron chi connectivity index (χ2n) is 5.86. The zero-order valence-electron chi connectivity index (χ0n) is 12.9. The summed E-state index contributed by atoms with van der Waals surface area (Å²) in [6.45, 7) is 6.41. The van der Waals surface area contributed by atoms with E-state index in [9.17, 15) is 0 Å². The molecule has 0 aromatic heterocycles. The molecule has 112 valence electrons. The molecule has 0 spiro atoms. The summed E-state index contributed by atoms with van der Waals surface area (Å²) in [5.74, 6) is 1.67. The van der Waals surface area contributed by atoms with E-state index in [1.165, 1.54) is 18.4 Å². The molecule has 0 bridgehead atoms. The van der Waals surface area contributed by atoms with Crippen molar-refractivity contribution >= 4 is 0 Å². The van der Waals surface area contributed by atoms with E-state index in [-0.39, 0.29) is 0 Å². The predicted molar refractivity (Wildman–Crippen MR) is 82.3 cm³/mol. The van der Waals surface area contributed by atoms with Crippen LogP contribution in [0.1, 0.15) is 32.3 Å². The highest BCUT2D eigenvalue weighted by atomic mass is 16.5. The molecule has 3 nitrogen and oxygen atoms in total. The summed E-state index contributed by atoms with van der Waals surface area (Å²) >= 11 is 0. The molecule has 1 aromatic carbocycles. The van der Waals surface area contributed by atoms with Gasteiger partial charge in [0.15, 0.2) is 0 Å². The third-order valence-corrected chi connectivity index (χ3v) is 4.22. The molecule has 0 radical (unpaired) electrons. The van der Waals surface area contributed by atoms with Gasteiger partial charge < -0.3 is 14.8 Å². The normalized spacial score (nSPS) is 19.6. The zero-order chi connectivity index (χ0) is 14.4. The van der Waals surface area contributed by atoms with Crippen LogP contribution in [0.2, 0.25) is 0 Å². The SMILES string of the molecule is COc1ccc(CC(C)NC(C)C2CCOCC2)cc1. The molecule has 0 amide bonds. The van der Waals surface area contributed by atoms with Gasteiger partial charge in [-0.1, -0.05) is 12.1 Å². The number of hydrogen-bond donors (Lipinski definition) is 1. The maximum atomic E-state index is 5.43. The van der Waals surface area contributed by atoms with E-state index in [0.29, 0.717) is 12.1 Å². The summed E-state index contributed by atoms with van der Waals surface area (Å²) in [6, 6.07) is 9.41. The summed E-state index contributed by atoms with van der Waals surface area (Å²) in [4.78, 5) is 0. The van der Waals surface area contributed by atoms with Gasteiger partial charge in [0, 0.05) is 25.3 Å². The van der Waals surface area contributed by atoms with E-state index >= 15 is 0 Å². The minimum Gasteiger partial charge on any atom is -0.497 e. The lowest BCUT2D eigenvalue weighted by atomic mass is 9.92. The van der Waals surface area contributed by atoms with Crippen molar-refractivity contribution in [3.8, 4) is 5.75 Å². The molecule has 3 heteroatoms. The monoisotopic (exact) mass is 277 g/mol. The van der Waals surface area contributed by atoms with E-state index in [0.717, 1.165) is 31.3 Å².